The summed E-state index contributed by atoms with van der Waals surface area (Å²) in [5.41, 5.74) is 1.29. The molecule has 4 heterocycles. The zero-order chi connectivity index (χ0) is 16.3. The SMILES string of the molecule is C.O=c1c(Cc2nccs2)cc2cnc3nc2n1C1CCCC1S3=O. The fourth-order valence-corrected chi connectivity index (χ4v) is 5.95. The lowest BCUT2D eigenvalue weighted by molar-refractivity contribution is 0.518. The standard InChI is InChI=1S/C16H14N4O2S2.CH4/c21-15-9(7-13-17-4-5-23-13)6-10-8-18-16-19-14(10)20(15)11-2-1-3-12(11)24(16)22;/h4-6,8,11-12H,1-3,7H2;1H4. The maximum atomic E-state index is 13.2. The predicted octanol–water partition coefficient (Wildman–Crippen LogP) is 2.69. The molecule has 25 heavy (non-hydrogen) atoms. The Kier molecular flexibility index (Phi) is 4.04. The third-order valence-electron chi connectivity index (χ3n) is 4.85. The van der Waals surface area contributed by atoms with Gasteiger partial charge in [0.2, 0.25) is 5.16 Å². The molecule has 1 saturated carbocycles. The van der Waals surface area contributed by atoms with Crippen LogP contribution in [0.25, 0.3) is 11.0 Å². The Morgan fingerprint density at radius 1 is 1.32 bits per heavy atom. The highest BCUT2D eigenvalue weighted by atomic mass is 32.2. The normalized spacial score (nSPS) is 24.1. The summed E-state index contributed by atoms with van der Waals surface area (Å²) in [4.78, 5) is 26.2. The van der Waals surface area contributed by atoms with Crippen molar-refractivity contribution in [3.63, 3.8) is 0 Å². The Bertz CT molecular complexity index is 1030. The minimum absolute atomic E-state index is 0. The van der Waals surface area contributed by atoms with Gasteiger partial charge in [-0.1, -0.05) is 13.8 Å². The van der Waals surface area contributed by atoms with Gasteiger partial charge in [0, 0.05) is 35.1 Å². The molecule has 1 aliphatic carbocycles. The molecule has 0 spiro atoms. The van der Waals surface area contributed by atoms with E-state index in [4.69, 9.17) is 0 Å². The molecule has 0 N–H and O–H groups in total. The lowest BCUT2D eigenvalue weighted by Gasteiger charge is -2.19. The van der Waals surface area contributed by atoms with Gasteiger partial charge in [-0.3, -0.25) is 13.6 Å². The minimum atomic E-state index is -1.25. The van der Waals surface area contributed by atoms with Crippen molar-refractivity contribution in [2.75, 3.05) is 0 Å². The van der Waals surface area contributed by atoms with Gasteiger partial charge in [0.15, 0.2) is 0 Å². The molecular weight excluding hydrogens is 356 g/mol. The van der Waals surface area contributed by atoms with Gasteiger partial charge >= 0.3 is 0 Å². The van der Waals surface area contributed by atoms with E-state index in [2.05, 4.69) is 15.0 Å². The number of nitrogens with zero attached hydrogens (tertiary/aromatic N) is 4. The van der Waals surface area contributed by atoms with Crippen molar-refractivity contribution < 1.29 is 4.21 Å². The van der Waals surface area contributed by atoms with Crippen molar-refractivity contribution in [3.05, 3.63) is 44.8 Å². The molecule has 1 aliphatic heterocycles. The van der Waals surface area contributed by atoms with E-state index < -0.39 is 10.8 Å². The summed E-state index contributed by atoms with van der Waals surface area (Å²) >= 11 is 1.54. The summed E-state index contributed by atoms with van der Waals surface area (Å²) in [5, 5.41) is 3.94. The summed E-state index contributed by atoms with van der Waals surface area (Å²) < 4.78 is 14.5. The minimum Gasteiger partial charge on any atom is -0.288 e. The van der Waals surface area contributed by atoms with E-state index >= 15 is 0 Å². The van der Waals surface area contributed by atoms with Gasteiger partial charge in [0.05, 0.1) is 27.1 Å². The molecule has 1 fully saturated rings. The number of pyridine rings is 1. The van der Waals surface area contributed by atoms with Crippen molar-refractivity contribution in [2.45, 2.75) is 49.6 Å². The maximum Gasteiger partial charge on any atom is 0.256 e. The summed E-state index contributed by atoms with van der Waals surface area (Å²) in [5.74, 6) is 0. The van der Waals surface area contributed by atoms with E-state index in [0.717, 1.165) is 29.7 Å². The number of fused-ring (bicyclic) bond motifs is 3. The first-order valence-corrected chi connectivity index (χ1v) is 10.0. The number of thiazole rings is 1. The topological polar surface area (TPSA) is 77.7 Å². The van der Waals surface area contributed by atoms with Crippen LogP contribution in [0.2, 0.25) is 0 Å². The summed E-state index contributed by atoms with van der Waals surface area (Å²) in [6.07, 6.45) is 6.65. The number of rotatable bonds is 2. The van der Waals surface area contributed by atoms with Gasteiger partial charge in [-0.2, -0.15) is 0 Å². The van der Waals surface area contributed by atoms with Crippen LogP contribution in [0.15, 0.2) is 33.8 Å². The molecule has 3 aromatic rings. The van der Waals surface area contributed by atoms with E-state index in [-0.39, 0.29) is 24.3 Å². The molecule has 3 aromatic heterocycles. The molecule has 5 rings (SSSR count). The Morgan fingerprint density at radius 2 is 2.20 bits per heavy atom. The largest absolute Gasteiger partial charge is 0.288 e. The number of aromatic nitrogens is 4. The Hall–Kier alpha value is -1.93. The maximum absolute atomic E-state index is 13.2. The number of hydrogen-bond acceptors (Lipinski definition) is 6. The zero-order valence-corrected chi connectivity index (χ0v) is 14.3. The van der Waals surface area contributed by atoms with Crippen LogP contribution in [0.5, 0.6) is 0 Å². The van der Waals surface area contributed by atoms with Crippen LogP contribution in [0.3, 0.4) is 0 Å². The molecule has 0 saturated heterocycles. The van der Waals surface area contributed by atoms with Crippen molar-refractivity contribution in [3.8, 4) is 0 Å². The first kappa shape index (κ1) is 16.5. The second kappa shape index (κ2) is 6.10. The third-order valence-corrected chi connectivity index (χ3v) is 7.29. The van der Waals surface area contributed by atoms with Gasteiger partial charge in [-0.25, -0.2) is 15.0 Å². The number of hydrogen-bond donors (Lipinski definition) is 0. The highest BCUT2D eigenvalue weighted by molar-refractivity contribution is 7.85. The van der Waals surface area contributed by atoms with Crippen LogP contribution >= 0.6 is 11.3 Å². The Labute approximate surface area is 151 Å². The van der Waals surface area contributed by atoms with Crippen LogP contribution in [-0.2, 0) is 17.2 Å². The first-order valence-electron chi connectivity index (χ1n) is 7.92. The van der Waals surface area contributed by atoms with Crippen LogP contribution in [0, 0.1) is 0 Å². The lowest BCUT2D eigenvalue weighted by Crippen LogP contribution is -2.32. The van der Waals surface area contributed by atoms with E-state index in [0.29, 0.717) is 22.8 Å². The average Bonchev–Trinajstić information content (AvgIpc) is 3.24. The van der Waals surface area contributed by atoms with Crippen LogP contribution in [-0.4, -0.2) is 29.0 Å². The van der Waals surface area contributed by atoms with Crippen LogP contribution in [0.4, 0.5) is 0 Å². The monoisotopic (exact) mass is 374 g/mol. The molecule has 2 aliphatic rings. The van der Waals surface area contributed by atoms with Crippen molar-refractivity contribution in [1.29, 1.82) is 0 Å². The lowest BCUT2D eigenvalue weighted by atomic mass is 10.1. The van der Waals surface area contributed by atoms with E-state index in [1.165, 1.54) is 0 Å². The summed E-state index contributed by atoms with van der Waals surface area (Å²) in [6.45, 7) is 0. The molecule has 0 aromatic carbocycles. The fourth-order valence-electron chi connectivity index (χ4n) is 3.78. The van der Waals surface area contributed by atoms with Gasteiger partial charge in [-0.05, 0) is 18.9 Å². The van der Waals surface area contributed by atoms with E-state index in [1.807, 2.05) is 11.4 Å². The van der Waals surface area contributed by atoms with E-state index in [1.54, 1.807) is 28.3 Å². The zero-order valence-electron chi connectivity index (χ0n) is 12.7. The molecule has 6 nitrogen and oxygen atoms in total. The average molecular weight is 374 g/mol. The van der Waals surface area contributed by atoms with Gasteiger partial charge in [-0.15, -0.1) is 11.3 Å². The smallest absolute Gasteiger partial charge is 0.256 e. The van der Waals surface area contributed by atoms with Crippen molar-refractivity contribution >= 4 is 33.2 Å². The molecule has 3 unspecified atom stereocenters. The van der Waals surface area contributed by atoms with Gasteiger partial charge in [0.1, 0.15) is 5.65 Å². The Morgan fingerprint density at radius 3 is 3.00 bits per heavy atom. The van der Waals surface area contributed by atoms with Crippen molar-refractivity contribution in [2.24, 2.45) is 0 Å². The van der Waals surface area contributed by atoms with Crippen LogP contribution < -0.4 is 5.56 Å². The molecule has 8 heteroatoms. The van der Waals surface area contributed by atoms with Crippen molar-refractivity contribution in [1.82, 2.24) is 19.5 Å². The third kappa shape index (κ3) is 2.46. The molecular formula is C17H18N4O2S2. The summed E-state index contributed by atoms with van der Waals surface area (Å²) in [7, 11) is -1.25. The van der Waals surface area contributed by atoms with Gasteiger partial charge < -0.3 is 0 Å². The summed E-state index contributed by atoms with van der Waals surface area (Å²) in [6, 6.07) is 1.81. The molecule has 0 amide bonds. The molecule has 130 valence electrons. The quantitative estimate of drug-likeness (QED) is 0.645. The van der Waals surface area contributed by atoms with Gasteiger partial charge in [0.25, 0.3) is 5.56 Å². The molecule has 0 radical (unpaired) electrons. The van der Waals surface area contributed by atoms with Crippen LogP contribution in [0.1, 0.15) is 43.3 Å². The molecule has 3 atom stereocenters. The second-order valence-corrected chi connectivity index (χ2v) is 8.76. The molecule has 2 bridgehead atoms. The highest BCUT2D eigenvalue weighted by Crippen LogP contribution is 2.38. The fraction of sp³-hybridized carbons (Fsp3) is 0.412. The Balaban J connectivity index is 0.00000157. The highest BCUT2D eigenvalue weighted by Gasteiger charge is 2.39. The van der Waals surface area contributed by atoms with E-state index in [9.17, 15) is 9.00 Å². The predicted molar refractivity (Wildman–Crippen MR) is 98.5 cm³/mol. The first-order chi connectivity index (χ1) is 11.7. The second-order valence-electron chi connectivity index (χ2n) is 6.21.